The number of carbonyl (C=O) groups excluding carboxylic acids is 2. The second-order valence-electron chi connectivity index (χ2n) is 5.45. The Morgan fingerprint density at radius 3 is 2.87 bits per heavy atom. The number of aliphatic carboxylic acids is 1. The van der Waals surface area contributed by atoms with E-state index in [-0.39, 0.29) is 19.1 Å². The van der Waals surface area contributed by atoms with Gasteiger partial charge < -0.3 is 25.2 Å². The van der Waals surface area contributed by atoms with Gasteiger partial charge in [0.1, 0.15) is 0 Å². The van der Waals surface area contributed by atoms with Crippen molar-refractivity contribution >= 4 is 29.2 Å². The van der Waals surface area contributed by atoms with Crippen molar-refractivity contribution in [1.29, 1.82) is 0 Å². The van der Waals surface area contributed by atoms with E-state index in [2.05, 4.69) is 5.32 Å². The molecule has 1 fully saturated rings. The first-order chi connectivity index (χ1) is 11.0. The number of benzene rings is 1. The Balaban J connectivity index is 1.86. The fourth-order valence-electron chi connectivity index (χ4n) is 2.75. The second kappa shape index (κ2) is 5.98. The summed E-state index contributed by atoms with van der Waals surface area (Å²) in [6, 6.07) is 5.25. The van der Waals surface area contributed by atoms with Gasteiger partial charge in [-0.3, -0.25) is 9.59 Å². The smallest absolute Gasteiger partial charge is 0.335 e. The first kappa shape index (κ1) is 15.4. The van der Waals surface area contributed by atoms with Crippen LogP contribution in [0.4, 0.5) is 11.4 Å². The molecule has 2 aliphatic rings. The van der Waals surface area contributed by atoms with Gasteiger partial charge in [0, 0.05) is 24.3 Å². The van der Waals surface area contributed by atoms with Crippen molar-refractivity contribution in [3.63, 3.8) is 0 Å². The summed E-state index contributed by atoms with van der Waals surface area (Å²) in [6.45, 7) is 0.360. The quantitative estimate of drug-likeness (QED) is 0.707. The number of hydrogen-bond acceptors (Lipinski definition) is 5. The number of ether oxygens (including phenoxy) is 1. The lowest BCUT2D eigenvalue weighted by atomic mass is 10.0. The number of carbonyl (C=O) groups is 3. The van der Waals surface area contributed by atoms with Gasteiger partial charge in [0.05, 0.1) is 6.61 Å². The number of carboxylic acid groups (broad SMARTS) is 1. The number of aliphatic hydroxyl groups is 1. The van der Waals surface area contributed by atoms with E-state index in [9.17, 15) is 19.5 Å². The highest BCUT2D eigenvalue weighted by molar-refractivity contribution is 6.01. The summed E-state index contributed by atoms with van der Waals surface area (Å²) in [6.07, 6.45) is -2.29. The van der Waals surface area contributed by atoms with Crippen molar-refractivity contribution in [2.45, 2.75) is 25.0 Å². The minimum Gasteiger partial charge on any atom is -0.479 e. The molecule has 3 N–H and O–H groups in total. The number of aryl methyl sites for hydroxylation is 1. The van der Waals surface area contributed by atoms with Gasteiger partial charge in [0.25, 0.3) is 5.91 Å². The minimum atomic E-state index is -1.91. The van der Waals surface area contributed by atoms with Crippen molar-refractivity contribution in [3.8, 4) is 0 Å². The molecule has 1 aromatic carbocycles. The second-order valence-corrected chi connectivity index (χ2v) is 5.45. The molecule has 0 saturated carbocycles. The lowest BCUT2D eigenvalue weighted by Gasteiger charge is -2.34. The van der Waals surface area contributed by atoms with E-state index in [0.29, 0.717) is 24.2 Å². The number of nitrogens with zero attached hydrogens (tertiary/aromatic N) is 1. The molecule has 2 heterocycles. The third-order valence-electron chi connectivity index (χ3n) is 3.96. The van der Waals surface area contributed by atoms with Gasteiger partial charge in [-0.15, -0.1) is 0 Å². The van der Waals surface area contributed by atoms with Crippen LogP contribution in [0.5, 0.6) is 0 Å². The fourth-order valence-corrected chi connectivity index (χ4v) is 2.75. The van der Waals surface area contributed by atoms with Crippen LogP contribution >= 0.6 is 0 Å². The maximum Gasteiger partial charge on any atom is 0.335 e. The predicted octanol–water partition coefficient (Wildman–Crippen LogP) is -0.251. The number of amides is 2. The van der Waals surface area contributed by atoms with E-state index < -0.39 is 24.1 Å². The van der Waals surface area contributed by atoms with E-state index in [4.69, 9.17) is 9.84 Å². The molecule has 3 rings (SSSR count). The molecule has 0 aliphatic carbocycles. The first-order valence-corrected chi connectivity index (χ1v) is 7.24. The summed E-state index contributed by atoms with van der Waals surface area (Å²) in [5.41, 5.74) is 2.16. The number of anilines is 2. The third kappa shape index (κ3) is 2.90. The lowest BCUT2D eigenvalue weighted by molar-refractivity contribution is -0.163. The van der Waals surface area contributed by atoms with Crippen molar-refractivity contribution in [3.05, 3.63) is 23.8 Å². The Kier molecular flexibility index (Phi) is 4.01. The van der Waals surface area contributed by atoms with Gasteiger partial charge in [0.15, 0.2) is 12.2 Å². The molecule has 0 radical (unpaired) electrons. The van der Waals surface area contributed by atoms with Crippen LogP contribution in [0.25, 0.3) is 0 Å². The molecule has 8 heteroatoms. The van der Waals surface area contributed by atoms with Crippen molar-refractivity contribution in [2.75, 3.05) is 23.4 Å². The highest BCUT2D eigenvalue weighted by Crippen LogP contribution is 2.29. The summed E-state index contributed by atoms with van der Waals surface area (Å²) in [5, 5.41) is 21.2. The van der Waals surface area contributed by atoms with E-state index in [0.717, 1.165) is 5.56 Å². The highest BCUT2D eigenvalue weighted by Gasteiger charge is 2.39. The summed E-state index contributed by atoms with van der Waals surface area (Å²) in [5.74, 6) is -2.21. The number of nitrogens with one attached hydrogen (secondary N) is 1. The zero-order valence-corrected chi connectivity index (χ0v) is 12.2. The van der Waals surface area contributed by atoms with Crippen molar-refractivity contribution in [2.24, 2.45) is 0 Å². The number of hydrogen-bond donors (Lipinski definition) is 3. The molecule has 2 aliphatic heterocycles. The topological polar surface area (TPSA) is 116 Å². The molecule has 0 bridgehead atoms. The Morgan fingerprint density at radius 1 is 1.35 bits per heavy atom. The standard InChI is InChI=1S/C15H16N2O6/c18-11-4-2-8-1-3-9(7-10(8)16-11)17-5-6-23-13(14(17)20)12(19)15(21)22/h1,3,7,12-13,19H,2,4-6H2,(H,16,18)(H,21,22)/t12-,13-/m1/s1. The summed E-state index contributed by atoms with van der Waals surface area (Å²) in [7, 11) is 0. The van der Waals surface area contributed by atoms with Crippen LogP contribution in [0.15, 0.2) is 18.2 Å². The van der Waals surface area contributed by atoms with Gasteiger partial charge in [-0.1, -0.05) is 6.07 Å². The number of morpholine rings is 1. The Morgan fingerprint density at radius 2 is 2.13 bits per heavy atom. The maximum absolute atomic E-state index is 12.4. The van der Waals surface area contributed by atoms with Crippen LogP contribution in [0.2, 0.25) is 0 Å². The Bertz CT molecular complexity index is 674. The van der Waals surface area contributed by atoms with Crippen LogP contribution in [0.1, 0.15) is 12.0 Å². The molecule has 0 spiro atoms. The van der Waals surface area contributed by atoms with Gasteiger partial charge >= 0.3 is 5.97 Å². The largest absolute Gasteiger partial charge is 0.479 e. The van der Waals surface area contributed by atoms with Gasteiger partial charge in [0.2, 0.25) is 5.91 Å². The number of carboxylic acids is 1. The lowest BCUT2D eigenvalue weighted by Crippen LogP contribution is -2.54. The molecule has 0 aromatic heterocycles. The molecule has 1 saturated heterocycles. The van der Waals surface area contributed by atoms with E-state index in [1.54, 1.807) is 12.1 Å². The Labute approximate surface area is 131 Å². The summed E-state index contributed by atoms with van der Waals surface area (Å²) < 4.78 is 5.10. The average Bonchev–Trinajstić information content (AvgIpc) is 2.53. The molecule has 2 amide bonds. The maximum atomic E-state index is 12.4. The van der Waals surface area contributed by atoms with Gasteiger partial charge in [-0.2, -0.15) is 0 Å². The fraction of sp³-hybridized carbons (Fsp3) is 0.400. The zero-order valence-electron chi connectivity index (χ0n) is 12.2. The van der Waals surface area contributed by atoms with E-state index in [1.807, 2.05) is 6.07 Å². The number of rotatable bonds is 3. The molecule has 122 valence electrons. The number of aliphatic hydroxyl groups excluding tert-OH is 1. The van der Waals surface area contributed by atoms with Gasteiger partial charge in [-0.25, -0.2) is 4.79 Å². The SMILES string of the molecule is O=C1CCc2ccc(N3CCO[C@H]([C@@H](O)C(=O)O)C3=O)cc2N1. The molecule has 23 heavy (non-hydrogen) atoms. The molecule has 1 aromatic rings. The van der Waals surface area contributed by atoms with Crippen LogP contribution in [0, 0.1) is 0 Å². The third-order valence-corrected chi connectivity index (χ3v) is 3.96. The molecule has 0 unspecified atom stereocenters. The summed E-state index contributed by atoms with van der Waals surface area (Å²) >= 11 is 0. The molecule has 8 nitrogen and oxygen atoms in total. The van der Waals surface area contributed by atoms with Crippen molar-refractivity contribution < 1.29 is 29.3 Å². The van der Waals surface area contributed by atoms with Gasteiger partial charge in [-0.05, 0) is 24.1 Å². The summed E-state index contributed by atoms with van der Waals surface area (Å²) in [4.78, 5) is 36.1. The molecule has 2 atom stereocenters. The minimum absolute atomic E-state index is 0.0814. The van der Waals surface area contributed by atoms with Crippen LogP contribution in [-0.4, -0.2) is 53.4 Å². The monoisotopic (exact) mass is 320 g/mol. The zero-order chi connectivity index (χ0) is 16.6. The highest BCUT2D eigenvalue weighted by atomic mass is 16.5. The number of fused-ring (bicyclic) bond motifs is 1. The average molecular weight is 320 g/mol. The van der Waals surface area contributed by atoms with Crippen LogP contribution in [0.3, 0.4) is 0 Å². The predicted molar refractivity (Wildman–Crippen MR) is 79.1 cm³/mol. The Hall–Kier alpha value is -2.45. The van der Waals surface area contributed by atoms with Crippen LogP contribution in [-0.2, 0) is 25.5 Å². The molecular formula is C15H16N2O6. The first-order valence-electron chi connectivity index (χ1n) is 7.24. The molecular weight excluding hydrogens is 304 g/mol. The normalized spacial score (nSPS) is 22.3. The van der Waals surface area contributed by atoms with Crippen LogP contribution < -0.4 is 10.2 Å². The van der Waals surface area contributed by atoms with E-state index in [1.165, 1.54) is 4.90 Å². The van der Waals surface area contributed by atoms with Crippen molar-refractivity contribution in [1.82, 2.24) is 0 Å². The van der Waals surface area contributed by atoms with E-state index >= 15 is 0 Å².